The molecule has 0 aliphatic carbocycles. The van der Waals surface area contributed by atoms with Crippen molar-refractivity contribution in [3.63, 3.8) is 0 Å². The molecule has 0 saturated heterocycles. The van der Waals surface area contributed by atoms with Gasteiger partial charge >= 0.3 is 0 Å². The third kappa shape index (κ3) is 3.00. The summed E-state index contributed by atoms with van der Waals surface area (Å²) >= 11 is 0. The van der Waals surface area contributed by atoms with Gasteiger partial charge in [0.05, 0.1) is 0 Å². The van der Waals surface area contributed by atoms with Gasteiger partial charge in [0.25, 0.3) is 0 Å². The molecule has 1 heteroatoms. The van der Waals surface area contributed by atoms with Crippen LogP contribution < -0.4 is 5.32 Å². The van der Waals surface area contributed by atoms with Gasteiger partial charge in [0.15, 0.2) is 0 Å². The second kappa shape index (κ2) is 4.97. The molecule has 0 spiro atoms. The summed E-state index contributed by atoms with van der Waals surface area (Å²) in [5.74, 6) is 0. The average Bonchev–Trinajstić information content (AvgIpc) is 2.12. The van der Waals surface area contributed by atoms with Gasteiger partial charge in [-0.25, -0.2) is 0 Å². The van der Waals surface area contributed by atoms with E-state index in [1.54, 1.807) is 0 Å². The van der Waals surface area contributed by atoms with Crippen LogP contribution in [0.3, 0.4) is 0 Å². The third-order valence-electron chi connectivity index (χ3n) is 2.40. The maximum atomic E-state index is 3.15. The topological polar surface area (TPSA) is 12.0 Å². The minimum absolute atomic E-state index is 0.951. The van der Waals surface area contributed by atoms with Crippen molar-refractivity contribution in [2.24, 2.45) is 0 Å². The van der Waals surface area contributed by atoms with Crippen LogP contribution >= 0.6 is 0 Å². The van der Waals surface area contributed by atoms with Crippen LogP contribution in [0.4, 0.5) is 0 Å². The van der Waals surface area contributed by atoms with Gasteiger partial charge in [-0.15, -0.1) is 0 Å². The number of aryl methyl sites for hydroxylation is 2. The van der Waals surface area contributed by atoms with E-state index in [2.05, 4.69) is 50.4 Å². The van der Waals surface area contributed by atoms with E-state index < -0.39 is 0 Å². The summed E-state index contributed by atoms with van der Waals surface area (Å²) in [4.78, 5) is 0. The van der Waals surface area contributed by atoms with E-state index in [1.807, 2.05) is 7.05 Å². The van der Waals surface area contributed by atoms with Gasteiger partial charge < -0.3 is 5.32 Å². The fourth-order valence-electron chi connectivity index (χ4n) is 1.47. The highest BCUT2D eigenvalue weighted by Gasteiger charge is 1.94. The number of rotatable bonds is 3. The van der Waals surface area contributed by atoms with Crippen molar-refractivity contribution in [3.8, 4) is 0 Å². The summed E-state index contributed by atoms with van der Waals surface area (Å²) in [6.45, 7) is 7.39. The first kappa shape index (κ1) is 11.0. The Balaban J connectivity index is 2.87. The molecule has 0 aromatic heterocycles. The van der Waals surface area contributed by atoms with E-state index in [1.165, 1.54) is 22.3 Å². The van der Waals surface area contributed by atoms with Crippen LogP contribution in [-0.2, 0) is 0 Å². The molecule has 0 saturated carbocycles. The van der Waals surface area contributed by atoms with Crippen LogP contribution in [0.15, 0.2) is 23.8 Å². The van der Waals surface area contributed by atoms with Crippen molar-refractivity contribution in [2.45, 2.75) is 20.8 Å². The number of hydrogen-bond donors (Lipinski definition) is 1. The van der Waals surface area contributed by atoms with Gasteiger partial charge in [0.2, 0.25) is 0 Å². The first-order valence-electron chi connectivity index (χ1n) is 5.02. The molecule has 0 aliphatic heterocycles. The summed E-state index contributed by atoms with van der Waals surface area (Å²) in [5.41, 5.74) is 5.36. The van der Waals surface area contributed by atoms with Crippen molar-refractivity contribution >= 4 is 6.08 Å². The predicted octanol–water partition coefficient (Wildman–Crippen LogP) is 2.93. The van der Waals surface area contributed by atoms with Crippen molar-refractivity contribution in [2.75, 3.05) is 13.6 Å². The molecule has 0 radical (unpaired) electrons. The highest BCUT2D eigenvalue weighted by atomic mass is 14.8. The zero-order valence-electron chi connectivity index (χ0n) is 9.52. The summed E-state index contributed by atoms with van der Waals surface area (Å²) in [6, 6.07) is 6.57. The molecule has 0 bridgehead atoms. The maximum Gasteiger partial charge on any atom is 0.0162 e. The van der Waals surface area contributed by atoms with Gasteiger partial charge in [-0.05, 0) is 44.5 Å². The largest absolute Gasteiger partial charge is 0.316 e. The fraction of sp³-hybridized carbons (Fsp3) is 0.385. The smallest absolute Gasteiger partial charge is 0.0162 e. The molecular weight excluding hydrogens is 170 g/mol. The molecule has 1 N–H and O–H groups in total. The van der Waals surface area contributed by atoms with Gasteiger partial charge in [-0.2, -0.15) is 0 Å². The fourth-order valence-corrected chi connectivity index (χ4v) is 1.47. The van der Waals surface area contributed by atoms with Crippen LogP contribution in [0.5, 0.6) is 0 Å². The summed E-state index contributed by atoms with van der Waals surface area (Å²) in [5, 5.41) is 3.15. The lowest BCUT2D eigenvalue weighted by molar-refractivity contribution is 0.884. The monoisotopic (exact) mass is 189 g/mol. The molecular formula is C13H19N. The molecule has 14 heavy (non-hydrogen) atoms. The Morgan fingerprint density at radius 2 is 2.00 bits per heavy atom. The van der Waals surface area contributed by atoms with Crippen molar-refractivity contribution in [1.29, 1.82) is 0 Å². The van der Waals surface area contributed by atoms with Gasteiger partial charge in [0, 0.05) is 6.54 Å². The molecule has 1 rings (SSSR count). The Morgan fingerprint density at radius 3 is 2.57 bits per heavy atom. The van der Waals surface area contributed by atoms with E-state index in [0.29, 0.717) is 0 Å². The molecule has 0 amide bonds. The highest BCUT2D eigenvalue weighted by Crippen LogP contribution is 2.12. The lowest BCUT2D eigenvalue weighted by atomic mass is 10.0. The van der Waals surface area contributed by atoms with Crippen LogP contribution in [0.2, 0.25) is 0 Å². The van der Waals surface area contributed by atoms with Gasteiger partial charge in [-0.3, -0.25) is 0 Å². The van der Waals surface area contributed by atoms with E-state index in [0.717, 1.165) is 6.54 Å². The highest BCUT2D eigenvalue weighted by molar-refractivity contribution is 5.54. The third-order valence-corrected chi connectivity index (χ3v) is 2.40. The van der Waals surface area contributed by atoms with Gasteiger partial charge in [0.1, 0.15) is 0 Å². The van der Waals surface area contributed by atoms with E-state index in [9.17, 15) is 0 Å². The van der Waals surface area contributed by atoms with Crippen molar-refractivity contribution in [1.82, 2.24) is 5.32 Å². The second-order valence-corrected chi connectivity index (χ2v) is 3.86. The molecule has 1 aromatic rings. The molecule has 0 heterocycles. The van der Waals surface area contributed by atoms with E-state index in [-0.39, 0.29) is 0 Å². The minimum atomic E-state index is 0.951. The zero-order valence-corrected chi connectivity index (χ0v) is 9.52. The summed E-state index contributed by atoms with van der Waals surface area (Å²) in [7, 11) is 1.97. The van der Waals surface area contributed by atoms with Crippen LogP contribution in [-0.4, -0.2) is 13.6 Å². The Labute approximate surface area is 86.8 Å². The first-order chi connectivity index (χ1) is 6.63. The second-order valence-electron chi connectivity index (χ2n) is 3.86. The van der Waals surface area contributed by atoms with Crippen LogP contribution in [0.25, 0.3) is 6.08 Å². The predicted molar refractivity (Wildman–Crippen MR) is 63.5 cm³/mol. The number of nitrogens with one attached hydrogen (secondary N) is 1. The molecule has 0 fully saturated rings. The molecule has 1 aromatic carbocycles. The molecule has 76 valence electrons. The Morgan fingerprint density at radius 1 is 1.29 bits per heavy atom. The van der Waals surface area contributed by atoms with E-state index in [4.69, 9.17) is 0 Å². The average molecular weight is 189 g/mol. The number of benzene rings is 1. The Bertz CT molecular complexity index is 337. The zero-order chi connectivity index (χ0) is 10.6. The SMILES string of the molecule is CNCC(C)=Cc1ccc(C)c(C)c1. The number of likely N-dealkylation sites (N-methyl/N-ethyl adjacent to an activating group) is 1. The summed E-state index contributed by atoms with van der Waals surface area (Å²) < 4.78 is 0. The van der Waals surface area contributed by atoms with E-state index >= 15 is 0 Å². The van der Waals surface area contributed by atoms with Crippen LogP contribution in [0.1, 0.15) is 23.6 Å². The van der Waals surface area contributed by atoms with Crippen LogP contribution in [0, 0.1) is 13.8 Å². The minimum Gasteiger partial charge on any atom is -0.316 e. The quantitative estimate of drug-likeness (QED) is 0.771. The maximum absolute atomic E-state index is 3.15. The Kier molecular flexibility index (Phi) is 3.90. The summed E-state index contributed by atoms with van der Waals surface area (Å²) in [6.07, 6.45) is 2.23. The first-order valence-corrected chi connectivity index (χ1v) is 5.02. The molecule has 0 aliphatic rings. The molecule has 0 atom stereocenters. The molecule has 1 nitrogen and oxygen atoms in total. The van der Waals surface area contributed by atoms with Gasteiger partial charge in [-0.1, -0.05) is 29.8 Å². The normalized spacial score (nSPS) is 11.9. The lowest BCUT2D eigenvalue weighted by Gasteiger charge is -2.03. The van der Waals surface area contributed by atoms with Crippen molar-refractivity contribution < 1.29 is 0 Å². The number of hydrogen-bond acceptors (Lipinski definition) is 1. The van der Waals surface area contributed by atoms with Crippen molar-refractivity contribution in [3.05, 3.63) is 40.5 Å². The molecule has 0 unspecified atom stereocenters. The standard InChI is InChI=1S/C13H19N/c1-10(9-14-4)7-13-6-5-11(2)12(3)8-13/h5-8,14H,9H2,1-4H3. The lowest BCUT2D eigenvalue weighted by Crippen LogP contribution is -2.08. The Hall–Kier alpha value is -1.08.